The second-order valence-electron chi connectivity index (χ2n) is 5.68. The van der Waals surface area contributed by atoms with Crippen molar-refractivity contribution in [3.05, 3.63) is 35.1 Å². The van der Waals surface area contributed by atoms with Crippen LogP contribution in [0.3, 0.4) is 0 Å². The van der Waals surface area contributed by atoms with Crippen molar-refractivity contribution in [1.29, 1.82) is 0 Å². The summed E-state index contributed by atoms with van der Waals surface area (Å²) in [6, 6.07) is 5.38. The van der Waals surface area contributed by atoms with Gasteiger partial charge in [-0.25, -0.2) is 4.39 Å². The molecule has 0 fully saturated rings. The van der Waals surface area contributed by atoms with Crippen LogP contribution in [0.1, 0.15) is 44.7 Å². The highest BCUT2D eigenvalue weighted by atomic mass is 19.1. The van der Waals surface area contributed by atoms with Gasteiger partial charge in [-0.2, -0.15) is 0 Å². The van der Waals surface area contributed by atoms with Crippen molar-refractivity contribution in [1.82, 2.24) is 5.32 Å². The predicted octanol–water partition coefficient (Wildman–Crippen LogP) is 3.44. The van der Waals surface area contributed by atoms with Gasteiger partial charge in [-0.3, -0.25) is 4.79 Å². The fraction of sp³-hybridized carbons (Fsp3) is 0.562. The van der Waals surface area contributed by atoms with Gasteiger partial charge in [-0.1, -0.05) is 39.8 Å². The largest absolute Gasteiger partial charge is 0.313 e. The molecule has 0 aliphatic heterocycles. The number of nitrogens with one attached hydrogen (secondary N) is 1. The fourth-order valence-corrected chi connectivity index (χ4v) is 1.96. The van der Waals surface area contributed by atoms with E-state index in [9.17, 15) is 9.18 Å². The van der Waals surface area contributed by atoms with Gasteiger partial charge in [-0.05, 0) is 24.1 Å². The van der Waals surface area contributed by atoms with Crippen molar-refractivity contribution in [3.63, 3.8) is 0 Å². The Labute approximate surface area is 115 Å². The lowest BCUT2D eigenvalue weighted by Crippen LogP contribution is -2.33. The Morgan fingerprint density at radius 1 is 1.26 bits per heavy atom. The first-order valence-corrected chi connectivity index (χ1v) is 6.86. The van der Waals surface area contributed by atoms with Crippen molar-refractivity contribution < 1.29 is 9.18 Å². The third-order valence-electron chi connectivity index (χ3n) is 3.24. The molecule has 1 aromatic carbocycles. The van der Waals surface area contributed by atoms with Crippen LogP contribution in [0.25, 0.3) is 0 Å². The first-order valence-electron chi connectivity index (χ1n) is 6.86. The van der Waals surface area contributed by atoms with Gasteiger partial charge in [0, 0.05) is 18.5 Å². The van der Waals surface area contributed by atoms with E-state index in [0.717, 1.165) is 5.56 Å². The van der Waals surface area contributed by atoms with E-state index in [2.05, 4.69) is 5.32 Å². The maximum Gasteiger partial charge on any atom is 0.144 e. The van der Waals surface area contributed by atoms with Crippen molar-refractivity contribution in [2.24, 2.45) is 5.92 Å². The predicted molar refractivity (Wildman–Crippen MR) is 76.9 cm³/mol. The molecule has 0 radical (unpaired) electrons. The maximum atomic E-state index is 13.7. The van der Waals surface area contributed by atoms with Gasteiger partial charge in [0.05, 0.1) is 5.92 Å². The zero-order valence-electron chi connectivity index (χ0n) is 12.5. The molecule has 1 rings (SSSR count). The van der Waals surface area contributed by atoms with Crippen molar-refractivity contribution in [3.8, 4) is 0 Å². The van der Waals surface area contributed by atoms with E-state index in [0.29, 0.717) is 18.2 Å². The molecule has 2 nitrogen and oxygen atoms in total. The minimum Gasteiger partial charge on any atom is -0.313 e. The molecule has 0 heterocycles. The molecule has 1 aromatic rings. The monoisotopic (exact) mass is 265 g/mol. The Morgan fingerprint density at radius 3 is 2.37 bits per heavy atom. The average molecular weight is 265 g/mol. The summed E-state index contributed by atoms with van der Waals surface area (Å²) in [6.07, 6.45) is 0. The summed E-state index contributed by atoms with van der Waals surface area (Å²) in [7, 11) is 0. The summed E-state index contributed by atoms with van der Waals surface area (Å²) in [6.45, 7) is 10.1. The molecule has 0 saturated heterocycles. The number of benzene rings is 1. The number of rotatable bonds is 6. The third kappa shape index (κ3) is 4.43. The fourth-order valence-electron chi connectivity index (χ4n) is 1.96. The third-order valence-corrected chi connectivity index (χ3v) is 3.24. The highest BCUT2D eigenvalue weighted by Gasteiger charge is 2.23. The molecular weight excluding hydrogens is 241 g/mol. The van der Waals surface area contributed by atoms with Crippen LogP contribution in [0.4, 0.5) is 4.39 Å². The van der Waals surface area contributed by atoms with Gasteiger partial charge >= 0.3 is 0 Å². The van der Waals surface area contributed by atoms with E-state index in [1.807, 2.05) is 33.8 Å². The number of carbonyl (C=O) groups is 1. The van der Waals surface area contributed by atoms with Crippen LogP contribution < -0.4 is 5.32 Å². The zero-order valence-corrected chi connectivity index (χ0v) is 12.5. The molecule has 0 spiro atoms. The minimum absolute atomic E-state index is 0.0525. The van der Waals surface area contributed by atoms with Gasteiger partial charge < -0.3 is 5.32 Å². The normalized spacial score (nSPS) is 13.1. The van der Waals surface area contributed by atoms with Crippen molar-refractivity contribution >= 4 is 5.78 Å². The van der Waals surface area contributed by atoms with E-state index in [-0.39, 0.29) is 23.4 Å². The molecule has 0 saturated carbocycles. The van der Waals surface area contributed by atoms with Crippen LogP contribution in [-0.4, -0.2) is 18.4 Å². The highest BCUT2D eigenvalue weighted by molar-refractivity contribution is 5.87. The van der Waals surface area contributed by atoms with Crippen LogP contribution in [0.2, 0.25) is 0 Å². The number of Topliss-reactive ketones (excluding diaryl/α,β-unsaturated/α-hetero) is 1. The van der Waals surface area contributed by atoms with E-state index >= 15 is 0 Å². The first-order chi connectivity index (χ1) is 8.82. The lowest BCUT2D eigenvalue weighted by molar-refractivity contribution is -0.123. The Morgan fingerprint density at radius 2 is 1.89 bits per heavy atom. The molecule has 0 unspecified atom stereocenters. The van der Waals surface area contributed by atoms with E-state index in [4.69, 9.17) is 0 Å². The van der Waals surface area contributed by atoms with Gasteiger partial charge in [-0.15, -0.1) is 0 Å². The second-order valence-corrected chi connectivity index (χ2v) is 5.68. The smallest absolute Gasteiger partial charge is 0.144 e. The standard InChI is InChI=1S/C16H24FNO/c1-10(2)16(19)14(9-18-11(3)4)13-7-6-12(5)15(17)8-13/h6-8,10-11,14,18H,9H2,1-5H3/t14-/m1/s1. The lowest BCUT2D eigenvalue weighted by Gasteiger charge is -2.21. The molecule has 1 N–H and O–H groups in total. The van der Waals surface area contributed by atoms with Gasteiger partial charge in [0.1, 0.15) is 11.6 Å². The highest BCUT2D eigenvalue weighted by Crippen LogP contribution is 2.22. The number of halogens is 1. The molecular formula is C16H24FNO. The summed E-state index contributed by atoms with van der Waals surface area (Å²) < 4.78 is 13.7. The summed E-state index contributed by atoms with van der Waals surface area (Å²) in [5, 5.41) is 3.27. The Bertz CT molecular complexity index is 440. The molecule has 0 aliphatic rings. The number of aryl methyl sites for hydroxylation is 1. The molecule has 0 bridgehead atoms. The molecule has 0 aliphatic carbocycles. The first kappa shape index (κ1) is 15.8. The van der Waals surface area contributed by atoms with Crippen LogP contribution in [-0.2, 0) is 4.79 Å². The summed E-state index contributed by atoms with van der Waals surface area (Å²) in [5.74, 6) is -0.430. The number of carbonyl (C=O) groups excluding carboxylic acids is 1. The molecule has 0 amide bonds. The minimum atomic E-state index is -0.280. The Hall–Kier alpha value is -1.22. The zero-order chi connectivity index (χ0) is 14.6. The average Bonchev–Trinajstić information content (AvgIpc) is 2.33. The Kier molecular flexibility index (Phi) is 5.67. The summed E-state index contributed by atoms with van der Waals surface area (Å²) >= 11 is 0. The van der Waals surface area contributed by atoms with Crippen molar-refractivity contribution in [2.75, 3.05) is 6.54 Å². The molecule has 0 aromatic heterocycles. The number of ketones is 1. The van der Waals surface area contributed by atoms with Crippen LogP contribution in [0.5, 0.6) is 0 Å². The number of hydrogen-bond acceptors (Lipinski definition) is 2. The lowest BCUT2D eigenvalue weighted by atomic mass is 9.88. The van der Waals surface area contributed by atoms with Gasteiger partial charge in [0.25, 0.3) is 0 Å². The second kappa shape index (κ2) is 6.80. The van der Waals surface area contributed by atoms with E-state index in [1.165, 1.54) is 6.07 Å². The molecule has 1 atom stereocenters. The van der Waals surface area contributed by atoms with Crippen molar-refractivity contribution in [2.45, 2.75) is 46.6 Å². The SMILES string of the molecule is Cc1ccc([C@@H](CNC(C)C)C(=O)C(C)C)cc1F. The Balaban J connectivity index is 3.00. The molecule has 106 valence electrons. The van der Waals surface area contributed by atoms with Gasteiger partial charge in [0.15, 0.2) is 0 Å². The maximum absolute atomic E-state index is 13.7. The summed E-state index contributed by atoms with van der Waals surface area (Å²) in [5.41, 5.74) is 1.37. The molecule has 19 heavy (non-hydrogen) atoms. The van der Waals surface area contributed by atoms with E-state index in [1.54, 1.807) is 13.0 Å². The topological polar surface area (TPSA) is 29.1 Å². The van der Waals surface area contributed by atoms with Crippen LogP contribution >= 0.6 is 0 Å². The van der Waals surface area contributed by atoms with Crippen LogP contribution in [0, 0.1) is 18.7 Å². The van der Waals surface area contributed by atoms with Gasteiger partial charge in [0.2, 0.25) is 0 Å². The summed E-state index contributed by atoms with van der Waals surface area (Å²) in [4.78, 5) is 12.3. The van der Waals surface area contributed by atoms with Crippen LogP contribution in [0.15, 0.2) is 18.2 Å². The quantitative estimate of drug-likeness (QED) is 0.853. The number of hydrogen-bond donors (Lipinski definition) is 1. The molecule has 3 heteroatoms. The van der Waals surface area contributed by atoms with E-state index < -0.39 is 0 Å².